The van der Waals surface area contributed by atoms with Crippen LogP contribution in [0.5, 0.6) is 0 Å². The van der Waals surface area contributed by atoms with Gasteiger partial charge in [-0.15, -0.1) is 11.3 Å². The number of aromatic nitrogens is 2. The Kier molecular flexibility index (Phi) is 5.52. The zero-order valence-corrected chi connectivity index (χ0v) is 13.9. The first-order valence-electron chi connectivity index (χ1n) is 7.70. The summed E-state index contributed by atoms with van der Waals surface area (Å²) in [5.41, 5.74) is 2.02. The van der Waals surface area contributed by atoms with Gasteiger partial charge < -0.3 is 10.6 Å². The smallest absolute Gasteiger partial charge is 0.315 e. The molecule has 2 aromatic heterocycles. The number of nitrogens with one attached hydrogen (secondary N) is 2. The molecule has 0 fully saturated rings. The van der Waals surface area contributed by atoms with Gasteiger partial charge in [0.2, 0.25) is 0 Å². The van der Waals surface area contributed by atoms with Crippen molar-refractivity contribution in [2.24, 2.45) is 0 Å². The van der Waals surface area contributed by atoms with E-state index in [1.165, 1.54) is 0 Å². The van der Waals surface area contributed by atoms with Crippen molar-refractivity contribution in [1.82, 2.24) is 20.6 Å². The van der Waals surface area contributed by atoms with Crippen LogP contribution in [-0.2, 0) is 6.42 Å². The van der Waals surface area contributed by atoms with Gasteiger partial charge in [-0.3, -0.25) is 4.98 Å². The number of nitrogens with zero attached hydrogens (tertiary/aromatic N) is 2. The fourth-order valence-corrected chi connectivity index (χ4v) is 3.02. The predicted molar refractivity (Wildman–Crippen MR) is 94.9 cm³/mol. The molecule has 2 amide bonds. The lowest BCUT2D eigenvalue weighted by atomic mass is 10.00. The fourth-order valence-electron chi connectivity index (χ4n) is 2.40. The predicted octanol–water partition coefficient (Wildman–Crippen LogP) is 3.17. The molecule has 0 bridgehead atoms. The van der Waals surface area contributed by atoms with Crippen molar-refractivity contribution < 1.29 is 4.79 Å². The summed E-state index contributed by atoms with van der Waals surface area (Å²) in [4.78, 5) is 20.5. The van der Waals surface area contributed by atoms with Crippen LogP contribution in [0.15, 0.2) is 66.4 Å². The molecule has 0 saturated carbocycles. The Morgan fingerprint density at radius 3 is 2.50 bits per heavy atom. The van der Waals surface area contributed by atoms with Crippen LogP contribution in [0.2, 0.25) is 0 Å². The number of benzene rings is 1. The summed E-state index contributed by atoms with van der Waals surface area (Å²) in [5, 5.41) is 8.88. The van der Waals surface area contributed by atoms with E-state index in [1.54, 1.807) is 29.9 Å². The monoisotopic (exact) mass is 338 g/mol. The highest BCUT2D eigenvalue weighted by atomic mass is 32.1. The molecule has 2 heterocycles. The zero-order valence-electron chi connectivity index (χ0n) is 13.1. The number of thiazole rings is 1. The van der Waals surface area contributed by atoms with Crippen molar-refractivity contribution in [3.8, 4) is 0 Å². The fraction of sp³-hybridized carbons (Fsp3) is 0.167. The van der Waals surface area contributed by atoms with Crippen LogP contribution < -0.4 is 10.6 Å². The maximum atomic E-state index is 12.3. The number of carbonyl (C=O) groups excluding carboxylic acids is 1. The molecule has 0 aliphatic rings. The first-order valence-corrected chi connectivity index (χ1v) is 8.58. The van der Waals surface area contributed by atoms with E-state index >= 15 is 0 Å². The summed E-state index contributed by atoms with van der Waals surface area (Å²) >= 11 is 1.59. The number of rotatable bonds is 6. The minimum atomic E-state index is -0.214. The van der Waals surface area contributed by atoms with Gasteiger partial charge >= 0.3 is 6.03 Å². The van der Waals surface area contributed by atoms with E-state index in [9.17, 15) is 4.79 Å². The van der Waals surface area contributed by atoms with Crippen molar-refractivity contribution in [3.05, 3.63) is 82.6 Å². The highest BCUT2D eigenvalue weighted by Gasteiger charge is 2.16. The Bertz CT molecular complexity index is 708. The first-order chi connectivity index (χ1) is 11.8. The molecule has 5 nitrogen and oxygen atoms in total. The maximum Gasteiger partial charge on any atom is 0.315 e. The summed E-state index contributed by atoms with van der Waals surface area (Å²) in [7, 11) is 0. The lowest BCUT2D eigenvalue weighted by Gasteiger charge is -2.20. The van der Waals surface area contributed by atoms with Gasteiger partial charge in [-0.1, -0.05) is 30.3 Å². The van der Waals surface area contributed by atoms with Crippen molar-refractivity contribution >= 4 is 17.4 Å². The Labute approximate surface area is 144 Å². The SMILES string of the molecule is O=C(NCCc1nccs1)NC(c1ccccc1)c1ccncc1. The normalized spacial score (nSPS) is 11.7. The number of hydrogen-bond donors (Lipinski definition) is 2. The highest BCUT2D eigenvalue weighted by Crippen LogP contribution is 2.21. The van der Waals surface area contributed by atoms with Gasteiger partial charge in [-0.25, -0.2) is 9.78 Å². The molecule has 2 N–H and O–H groups in total. The molecule has 0 saturated heterocycles. The summed E-state index contributed by atoms with van der Waals surface area (Å²) in [6.07, 6.45) is 5.96. The van der Waals surface area contributed by atoms with Crippen LogP contribution >= 0.6 is 11.3 Å². The Balaban J connectivity index is 1.64. The van der Waals surface area contributed by atoms with Gasteiger partial charge in [-0.2, -0.15) is 0 Å². The van der Waals surface area contributed by atoms with Gasteiger partial charge in [0.05, 0.1) is 11.0 Å². The summed E-state index contributed by atoms with van der Waals surface area (Å²) in [6, 6.07) is 13.3. The molecule has 122 valence electrons. The third-order valence-corrected chi connectivity index (χ3v) is 4.40. The first kappa shape index (κ1) is 16.1. The van der Waals surface area contributed by atoms with E-state index in [0.717, 1.165) is 22.6 Å². The van der Waals surface area contributed by atoms with Gasteiger partial charge in [-0.05, 0) is 23.3 Å². The largest absolute Gasteiger partial charge is 0.338 e. The zero-order chi connectivity index (χ0) is 16.6. The molecular formula is C18H18N4OS. The molecular weight excluding hydrogens is 320 g/mol. The van der Waals surface area contributed by atoms with E-state index in [1.807, 2.05) is 47.8 Å². The lowest BCUT2D eigenvalue weighted by molar-refractivity contribution is 0.239. The molecule has 0 spiro atoms. The van der Waals surface area contributed by atoms with E-state index < -0.39 is 0 Å². The summed E-state index contributed by atoms with van der Waals surface area (Å²) in [6.45, 7) is 0.553. The van der Waals surface area contributed by atoms with Crippen LogP contribution in [0, 0.1) is 0 Å². The van der Waals surface area contributed by atoms with Gasteiger partial charge in [0, 0.05) is 36.9 Å². The second-order valence-corrected chi connectivity index (χ2v) is 6.18. The molecule has 0 aliphatic carbocycles. The van der Waals surface area contributed by atoms with Crippen LogP contribution in [0.1, 0.15) is 22.2 Å². The topological polar surface area (TPSA) is 66.9 Å². The minimum absolute atomic E-state index is 0.197. The Morgan fingerprint density at radius 2 is 1.79 bits per heavy atom. The van der Waals surface area contributed by atoms with Gasteiger partial charge in [0.25, 0.3) is 0 Å². The second-order valence-electron chi connectivity index (χ2n) is 5.20. The average Bonchev–Trinajstić information content (AvgIpc) is 3.15. The van der Waals surface area contributed by atoms with E-state index in [-0.39, 0.29) is 12.1 Å². The molecule has 1 atom stereocenters. The van der Waals surface area contributed by atoms with Gasteiger partial charge in [0.15, 0.2) is 0 Å². The molecule has 3 aromatic rings. The third kappa shape index (κ3) is 4.39. The van der Waals surface area contributed by atoms with Crippen LogP contribution in [-0.4, -0.2) is 22.5 Å². The van der Waals surface area contributed by atoms with Crippen molar-refractivity contribution in [3.63, 3.8) is 0 Å². The van der Waals surface area contributed by atoms with E-state index in [2.05, 4.69) is 20.6 Å². The molecule has 1 aromatic carbocycles. The summed E-state index contributed by atoms with van der Waals surface area (Å²) in [5.74, 6) is 0. The second kappa shape index (κ2) is 8.21. The van der Waals surface area contributed by atoms with Gasteiger partial charge in [0.1, 0.15) is 0 Å². The van der Waals surface area contributed by atoms with E-state index in [4.69, 9.17) is 0 Å². The molecule has 1 unspecified atom stereocenters. The Hall–Kier alpha value is -2.73. The molecule has 0 aliphatic heterocycles. The van der Waals surface area contributed by atoms with Crippen molar-refractivity contribution in [2.75, 3.05) is 6.54 Å². The van der Waals surface area contributed by atoms with Crippen LogP contribution in [0.25, 0.3) is 0 Å². The highest BCUT2D eigenvalue weighted by molar-refractivity contribution is 7.09. The quantitative estimate of drug-likeness (QED) is 0.725. The van der Waals surface area contributed by atoms with Crippen molar-refractivity contribution in [1.29, 1.82) is 0 Å². The van der Waals surface area contributed by atoms with Crippen molar-refractivity contribution in [2.45, 2.75) is 12.5 Å². The molecule has 24 heavy (non-hydrogen) atoms. The molecule has 0 radical (unpaired) electrons. The van der Waals surface area contributed by atoms with Crippen LogP contribution in [0.4, 0.5) is 4.79 Å². The molecule has 6 heteroatoms. The number of hydrogen-bond acceptors (Lipinski definition) is 4. The van der Waals surface area contributed by atoms with E-state index in [0.29, 0.717) is 6.54 Å². The lowest BCUT2D eigenvalue weighted by Crippen LogP contribution is -2.39. The maximum absolute atomic E-state index is 12.3. The Morgan fingerprint density at radius 1 is 1.04 bits per heavy atom. The van der Waals surface area contributed by atoms with Crippen LogP contribution in [0.3, 0.4) is 0 Å². The number of pyridine rings is 1. The average molecular weight is 338 g/mol. The number of urea groups is 1. The number of amides is 2. The third-order valence-electron chi connectivity index (χ3n) is 3.56. The number of carbonyl (C=O) groups is 1. The molecule has 3 rings (SSSR count). The standard InChI is InChI=1S/C18H18N4OS/c23-18(21-11-8-16-20-12-13-24-16)22-17(14-4-2-1-3-5-14)15-6-9-19-10-7-15/h1-7,9-10,12-13,17H,8,11H2,(H2,21,22,23). The summed E-state index contributed by atoms with van der Waals surface area (Å²) < 4.78 is 0. The minimum Gasteiger partial charge on any atom is -0.338 e.